The zero-order valence-electron chi connectivity index (χ0n) is 9.32. The zero-order valence-corrected chi connectivity index (χ0v) is 9.32. The van der Waals surface area contributed by atoms with Gasteiger partial charge in [-0.3, -0.25) is 0 Å². The van der Waals surface area contributed by atoms with E-state index < -0.39 is 0 Å². The van der Waals surface area contributed by atoms with Gasteiger partial charge in [0.15, 0.2) is 0 Å². The molecule has 0 bridgehead atoms. The van der Waals surface area contributed by atoms with E-state index in [1.165, 1.54) is 0 Å². The second kappa shape index (κ2) is 6.11. The molecular weight excluding hydrogens is 192 g/mol. The first-order valence-corrected chi connectivity index (χ1v) is 5.24. The molecule has 1 rings (SSSR count). The Kier molecular flexibility index (Phi) is 4.74. The van der Waals surface area contributed by atoms with E-state index in [9.17, 15) is 4.79 Å². The molecule has 0 fully saturated rings. The van der Waals surface area contributed by atoms with Crippen molar-refractivity contribution < 1.29 is 9.21 Å². The van der Waals surface area contributed by atoms with Crippen LogP contribution < -0.4 is 5.32 Å². The highest BCUT2D eigenvalue weighted by Gasteiger charge is 2.08. The predicted octanol–water partition coefficient (Wildman–Crippen LogP) is 2.22. The van der Waals surface area contributed by atoms with Crippen molar-refractivity contribution in [2.45, 2.75) is 26.3 Å². The second-order valence-electron chi connectivity index (χ2n) is 3.57. The first kappa shape index (κ1) is 11.6. The Hall–Kier alpha value is -1.45. The maximum Gasteiger partial charge on any atom is 0.317 e. The average Bonchev–Trinajstić information content (AvgIpc) is 2.70. The standard InChI is InChI=1S/C11H18N2O2/c1-3-4-6-12-11(14)13(2)8-10-5-7-15-9-10/h5,7,9H,3-4,6,8H2,1-2H3,(H,12,14). The lowest BCUT2D eigenvalue weighted by molar-refractivity contribution is 0.206. The highest BCUT2D eigenvalue weighted by Crippen LogP contribution is 2.03. The maximum atomic E-state index is 11.5. The van der Waals surface area contributed by atoms with Crippen LogP contribution in [0.1, 0.15) is 25.3 Å². The van der Waals surface area contributed by atoms with Crippen LogP contribution in [0.25, 0.3) is 0 Å². The summed E-state index contributed by atoms with van der Waals surface area (Å²) in [5.41, 5.74) is 1.00. The largest absolute Gasteiger partial charge is 0.472 e. The minimum Gasteiger partial charge on any atom is -0.472 e. The van der Waals surface area contributed by atoms with Crippen molar-refractivity contribution >= 4 is 6.03 Å². The molecule has 0 radical (unpaired) electrons. The Labute approximate surface area is 90.3 Å². The van der Waals surface area contributed by atoms with E-state index in [0.717, 1.165) is 24.9 Å². The monoisotopic (exact) mass is 210 g/mol. The Bertz CT molecular complexity index is 283. The van der Waals surface area contributed by atoms with Gasteiger partial charge in [-0.25, -0.2) is 4.79 Å². The van der Waals surface area contributed by atoms with Gasteiger partial charge in [-0.05, 0) is 12.5 Å². The van der Waals surface area contributed by atoms with E-state index in [1.807, 2.05) is 6.07 Å². The average molecular weight is 210 g/mol. The van der Waals surface area contributed by atoms with Crippen LogP contribution in [0.15, 0.2) is 23.0 Å². The smallest absolute Gasteiger partial charge is 0.317 e. The van der Waals surface area contributed by atoms with Crippen LogP contribution in [0.5, 0.6) is 0 Å². The van der Waals surface area contributed by atoms with Crippen LogP contribution in [0.2, 0.25) is 0 Å². The molecule has 0 aromatic carbocycles. The number of urea groups is 1. The number of nitrogens with zero attached hydrogens (tertiary/aromatic N) is 1. The fourth-order valence-electron chi connectivity index (χ4n) is 1.24. The van der Waals surface area contributed by atoms with Crippen molar-refractivity contribution in [1.29, 1.82) is 0 Å². The lowest BCUT2D eigenvalue weighted by atomic mass is 10.3. The molecule has 0 aliphatic rings. The summed E-state index contributed by atoms with van der Waals surface area (Å²) >= 11 is 0. The second-order valence-corrected chi connectivity index (χ2v) is 3.57. The molecule has 4 nitrogen and oxygen atoms in total. The number of unbranched alkanes of at least 4 members (excludes halogenated alkanes) is 1. The first-order chi connectivity index (χ1) is 7.24. The lowest BCUT2D eigenvalue weighted by Crippen LogP contribution is -2.37. The van der Waals surface area contributed by atoms with Crippen LogP contribution in [0.3, 0.4) is 0 Å². The third-order valence-corrected chi connectivity index (χ3v) is 2.15. The third kappa shape index (κ3) is 4.06. The van der Waals surface area contributed by atoms with Crippen molar-refractivity contribution in [2.24, 2.45) is 0 Å². The molecule has 1 heterocycles. The summed E-state index contributed by atoms with van der Waals surface area (Å²) in [7, 11) is 1.77. The number of hydrogen-bond acceptors (Lipinski definition) is 2. The van der Waals surface area contributed by atoms with Gasteiger partial charge < -0.3 is 14.6 Å². The molecule has 0 saturated heterocycles. The number of nitrogens with one attached hydrogen (secondary N) is 1. The molecular formula is C11H18N2O2. The minimum atomic E-state index is -0.0374. The molecule has 0 atom stereocenters. The highest BCUT2D eigenvalue weighted by molar-refractivity contribution is 5.73. The number of hydrogen-bond donors (Lipinski definition) is 1. The van der Waals surface area contributed by atoms with Crippen LogP contribution in [-0.2, 0) is 6.54 Å². The normalized spacial score (nSPS) is 10.0. The SMILES string of the molecule is CCCCNC(=O)N(C)Cc1ccoc1. The molecule has 4 heteroatoms. The van der Waals surface area contributed by atoms with E-state index in [1.54, 1.807) is 24.5 Å². The van der Waals surface area contributed by atoms with Crippen LogP contribution >= 0.6 is 0 Å². The van der Waals surface area contributed by atoms with Crippen molar-refractivity contribution in [2.75, 3.05) is 13.6 Å². The Balaban J connectivity index is 2.27. The highest BCUT2D eigenvalue weighted by atomic mass is 16.3. The van der Waals surface area contributed by atoms with Gasteiger partial charge in [0.05, 0.1) is 19.1 Å². The van der Waals surface area contributed by atoms with Crippen LogP contribution in [0.4, 0.5) is 4.79 Å². The molecule has 0 spiro atoms. The fourth-order valence-corrected chi connectivity index (χ4v) is 1.24. The number of carbonyl (C=O) groups is 1. The molecule has 1 aromatic rings. The fraction of sp³-hybridized carbons (Fsp3) is 0.545. The zero-order chi connectivity index (χ0) is 11.1. The van der Waals surface area contributed by atoms with Crippen molar-refractivity contribution in [3.63, 3.8) is 0 Å². The molecule has 1 N–H and O–H groups in total. The molecule has 15 heavy (non-hydrogen) atoms. The summed E-state index contributed by atoms with van der Waals surface area (Å²) in [4.78, 5) is 13.2. The summed E-state index contributed by atoms with van der Waals surface area (Å²) in [5.74, 6) is 0. The van der Waals surface area contributed by atoms with Gasteiger partial charge in [0, 0.05) is 19.2 Å². The van der Waals surface area contributed by atoms with E-state index in [4.69, 9.17) is 4.42 Å². The van der Waals surface area contributed by atoms with E-state index in [-0.39, 0.29) is 6.03 Å². The molecule has 84 valence electrons. The summed E-state index contributed by atoms with van der Waals surface area (Å²) in [6.45, 7) is 3.42. The maximum absolute atomic E-state index is 11.5. The van der Waals surface area contributed by atoms with Gasteiger partial charge in [0.1, 0.15) is 0 Å². The summed E-state index contributed by atoms with van der Waals surface area (Å²) in [5, 5.41) is 2.85. The Morgan fingerprint density at radius 2 is 2.40 bits per heavy atom. The van der Waals surface area contributed by atoms with E-state index >= 15 is 0 Å². The quantitative estimate of drug-likeness (QED) is 0.757. The van der Waals surface area contributed by atoms with Crippen LogP contribution in [-0.4, -0.2) is 24.5 Å². The van der Waals surface area contributed by atoms with Gasteiger partial charge in [-0.15, -0.1) is 0 Å². The van der Waals surface area contributed by atoms with E-state index in [0.29, 0.717) is 6.54 Å². The summed E-state index contributed by atoms with van der Waals surface area (Å²) in [6.07, 6.45) is 5.37. The Morgan fingerprint density at radius 3 is 3.00 bits per heavy atom. The number of amides is 2. The summed E-state index contributed by atoms with van der Waals surface area (Å²) < 4.78 is 4.94. The van der Waals surface area contributed by atoms with Gasteiger partial charge in [-0.2, -0.15) is 0 Å². The summed E-state index contributed by atoms with van der Waals surface area (Å²) in [6, 6.07) is 1.82. The van der Waals surface area contributed by atoms with Crippen molar-refractivity contribution in [3.05, 3.63) is 24.2 Å². The van der Waals surface area contributed by atoms with Gasteiger partial charge in [-0.1, -0.05) is 13.3 Å². The third-order valence-electron chi connectivity index (χ3n) is 2.15. The molecule has 0 unspecified atom stereocenters. The number of rotatable bonds is 5. The molecule has 0 aliphatic heterocycles. The van der Waals surface area contributed by atoms with Gasteiger partial charge in [0.2, 0.25) is 0 Å². The van der Waals surface area contributed by atoms with Crippen molar-refractivity contribution in [3.8, 4) is 0 Å². The van der Waals surface area contributed by atoms with Crippen LogP contribution in [0, 0.1) is 0 Å². The van der Waals surface area contributed by atoms with E-state index in [2.05, 4.69) is 12.2 Å². The molecule has 0 saturated carbocycles. The molecule has 0 aliphatic carbocycles. The predicted molar refractivity (Wildman–Crippen MR) is 58.5 cm³/mol. The molecule has 2 amide bonds. The lowest BCUT2D eigenvalue weighted by Gasteiger charge is -2.16. The van der Waals surface area contributed by atoms with Gasteiger partial charge in [0.25, 0.3) is 0 Å². The number of furan rings is 1. The topological polar surface area (TPSA) is 45.5 Å². The minimum absolute atomic E-state index is 0.0374. The van der Waals surface area contributed by atoms with Gasteiger partial charge >= 0.3 is 6.03 Å². The first-order valence-electron chi connectivity index (χ1n) is 5.24. The number of carbonyl (C=O) groups excluding carboxylic acids is 1. The Morgan fingerprint density at radius 1 is 1.60 bits per heavy atom. The van der Waals surface area contributed by atoms with Crippen molar-refractivity contribution in [1.82, 2.24) is 10.2 Å². The molecule has 1 aromatic heterocycles.